The summed E-state index contributed by atoms with van der Waals surface area (Å²) in [5, 5.41) is 12.7. The monoisotopic (exact) mass is 485 g/mol. The van der Waals surface area contributed by atoms with Crippen molar-refractivity contribution in [2.24, 2.45) is 0 Å². The number of nitrogens with zero attached hydrogens (tertiary/aromatic N) is 5. The minimum atomic E-state index is -0.113. The highest BCUT2D eigenvalue weighted by atomic mass is 35.5. The lowest BCUT2D eigenvalue weighted by molar-refractivity contribution is 0.895. The van der Waals surface area contributed by atoms with Gasteiger partial charge in [0.25, 0.3) is 5.56 Å². The maximum Gasteiger partial charge on any atom is 0.265 e. The fourth-order valence-corrected chi connectivity index (χ4v) is 4.78. The fraction of sp³-hybridized carbons (Fsp3) is 0.0417. The quantitative estimate of drug-likeness (QED) is 0.342. The Bertz CT molecular complexity index is 1750. The number of fused-ring (bicyclic) bond motifs is 2. The number of rotatable bonds is 4. The molecule has 8 nitrogen and oxygen atoms in total. The normalized spacial score (nSPS) is 11.4. The van der Waals surface area contributed by atoms with Crippen molar-refractivity contribution in [2.75, 3.05) is 5.32 Å². The van der Waals surface area contributed by atoms with Gasteiger partial charge < -0.3 is 5.32 Å². The standard InChI is InChI=1S/C24H16ClN7OS/c1-13-27-18-8-3-2-7-16(18)23(33)32(13)15-6-4-5-14(11-15)22-29-24(34-31-22)28-20-10-9-19-17(21(20)25)12-26-30-19/h2-12H,1H3,(H,26,30)(H,28,29,31). The van der Waals surface area contributed by atoms with Crippen LogP contribution >= 0.6 is 23.1 Å². The van der Waals surface area contributed by atoms with Crippen molar-refractivity contribution in [3.05, 3.63) is 88.1 Å². The van der Waals surface area contributed by atoms with Gasteiger partial charge in [0.15, 0.2) is 5.82 Å². The second kappa shape index (κ2) is 8.05. The van der Waals surface area contributed by atoms with Crippen LogP contribution in [0.3, 0.4) is 0 Å². The molecule has 0 saturated heterocycles. The van der Waals surface area contributed by atoms with Gasteiger partial charge in [-0.3, -0.25) is 14.5 Å². The summed E-state index contributed by atoms with van der Waals surface area (Å²) < 4.78 is 6.11. The molecule has 0 unspecified atom stereocenters. The predicted octanol–water partition coefficient (Wildman–Crippen LogP) is 5.49. The van der Waals surface area contributed by atoms with Crippen molar-refractivity contribution in [3.8, 4) is 17.1 Å². The molecule has 0 atom stereocenters. The van der Waals surface area contributed by atoms with Gasteiger partial charge in [-0.2, -0.15) is 14.5 Å². The van der Waals surface area contributed by atoms with Crippen LogP contribution in [-0.4, -0.2) is 29.1 Å². The van der Waals surface area contributed by atoms with Crippen molar-refractivity contribution in [1.29, 1.82) is 0 Å². The van der Waals surface area contributed by atoms with E-state index >= 15 is 0 Å². The molecule has 0 aliphatic carbocycles. The molecule has 6 aromatic rings. The zero-order valence-corrected chi connectivity index (χ0v) is 19.4. The van der Waals surface area contributed by atoms with Gasteiger partial charge in [-0.1, -0.05) is 35.9 Å². The lowest BCUT2D eigenvalue weighted by Crippen LogP contribution is -2.22. The molecule has 0 fully saturated rings. The van der Waals surface area contributed by atoms with E-state index in [2.05, 4.69) is 29.9 Å². The van der Waals surface area contributed by atoms with Crippen LogP contribution < -0.4 is 10.9 Å². The van der Waals surface area contributed by atoms with Crippen molar-refractivity contribution < 1.29 is 0 Å². The predicted molar refractivity (Wildman–Crippen MR) is 135 cm³/mol. The van der Waals surface area contributed by atoms with E-state index in [1.165, 1.54) is 11.5 Å². The van der Waals surface area contributed by atoms with Crippen molar-refractivity contribution in [2.45, 2.75) is 6.92 Å². The molecular formula is C24H16ClN7OS. The molecule has 2 N–H and O–H groups in total. The lowest BCUT2D eigenvalue weighted by atomic mass is 10.1. The van der Waals surface area contributed by atoms with E-state index in [-0.39, 0.29) is 5.56 Å². The molecule has 0 bridgehead atoms. The van der Waals surface area contributed by atoms with Crippen LogP contribution in [0.1, 0.15) is 5.82 Å². The highest BCUT2D eigenvalue weighted by Crippen LogP contribution is 2.33. The molecule has 0 spiro atoms. The molecule has 3 aromatic heterocycles. The van der Waals surface area contributed by atoms with Crippen molar-refractivity contribution in [1.82, 2.24) is 29.1 Å². The first-order chi connectivity index (χ1) is 16.6. The first-order valence-electron chi connectivity index (χ1n) is 10.4. The fourth-order valence-electron chi connectivity index (χ4n) is 3.92. The molecule has 0 aliphatic heterocycles. The Balaban J connectivity index is 1.35. The summed E-state index contributed by atoms with van der Waals surface area (Å²) in [6, 6.07) is 18.7. The number of aromatic nitrogens is 6. The van der Waals surface area contributed by atoms with E-state index in [1.807, 2.05) is 61.5 Å². The number of H-pyrrole nitrogens is 1. The minimum absolute atomic E-state index is 0.113. The molecular weight excluding hydrogens is 470 g/mol. The van der Waals surface area contributed by atoms with Crippen LogP contribution in [0, 0.1) is 6.92 Å². The van der Waals surface area contributed by atoms with E-state index in [0.29, 0.717) is 38.4 Å². The van der Waals surface area contributed by atoms with Crippen LogP contribution in [0.4, 0.5) is 10.8 Å². The van der Waals surface area contributed by atoms with Crippen LogP contribution in [0.25, 0.3) is 38.9 Å². The number of benzene rings is 3. The van der Waals surface area contributed by atoms with Crippen molar-refractivity contribution in [3.63, 3.8) is 0 Å². The lowest BCUT2D eigenvalue weighted by Gasteiger charge is -2.11. The van der Waals surface area contributed by atoms with Gasteiger partial charge in [0.2, 0.25) is 5.13 Å². The van der Waals surface area contributed by atoms with E-state index in [4.69, 9.17) is 11.6 Å². The van der Waals surface area contributed by atoms with Gasteiger partial charge in [0, 0.05) is 22.5 Å². The molecule has 0 radical (unpaired) electrons. The third kappa shape index (κ3) is 3.42. The first-order valence-corrected chi connectivity index (χ1v) is 11.5. The summed E-state index contributed by atoms with van der Waals surface area (Å²) in [4.78, 5) is 22.4. The number of hydrogen-bond acceptors (Lipinski definition) is 7. The molecule has 10 heteroatoms. The van der Waals surface area contributed by atoms with Gasteiger partial charge in [-0.05, 0) is 43.3 Å². The maximum absolute atomic E-state index is 13.2. The second-order valence-corrected chi connectivity index (χ2v) is 8.80. The Kier molecular flexibility index (Phi) is 4.86. The average molecular weight is 486 g/mol. The van der Waals surface area contributed by atoms with Crippen LogP contribution in [0.5, 0.6) is 0 Å². The largest absolute Gasteiger partial charge is 0.329 e. The summed E-state index contributed by atoms with van der Waals surface area (Å²) in [7, 11) is 0. The molecule has 0 amide bonds. The highest BCUT2D eigenvalue weighted by Gasteiger charge is 2.14. The smallest absolute Gasteiger partial charge is 0.265 e. The maximum atomic E-state index is 13.2. The Labute approximate surface area is 202 Å². The van der Waals surface area contributed by atoms with E-state index < -0.39 is 0 Å². The molecule has 0 aliphatic rings. The Morgan fingerprint density at radius 3 is 2.82 bits per heavy atom. The topological polar surface area (TPSA) is 101 Å². The molecule has 3 aromatic carbocycles. The van der Waals surface area contributed by atoms with Crippen molar-refractivity contribution >= 4 is 55.8 Å². The third-order valence-corrected chi connectivity index (χ3v) is 6.57. The van der Waals surface area contributed by atoms with Gasteiger partial charge in [-0.15, -0.1) is 0 Å². The molecule has 6 rings (SSSR count). The van der Waals surface area contributed by atoms with Crippen LogP contribution in [0.2, 0.25) is 5.02 Å². The number of hydrogen-bond donors (Lipinski definition) is 2. The number of aromatic amines is 1. The van der Waals surface area contributed by atoms with Gasteiger partial charge in [0.1, 0.15) is 5.82 Å². The van der Waals surface area contributed by atoms with Gasteiger partial charge >= 0.3 is 0 Å². The number of anilines is 2. The van der Waals surface area contributed by atoms with Gasteiger partial charge in [0.05, 0.1) is 39.0 Å². The van der Waals surface area contributed by atoms with E-state index in [9.17, 15) is 4.79 Å². The molecule has 3 heterocycles. The van der Waals surface area contributed by atoms with E-state index in [1.54, 1.807) is 16.8 Å². The summed E-state index contributed by atoms with van der Waals surface area (Å²) >= 11 is 7.74. The highest BCUT2D eigenvalue weighted by molar-refractivity contribution is 7.10. The SMILES string of the molecule is Cc1nc2ccccc2c(=O)n1-c1cccc(-c2nsc(Nc3ccc4[nH]ncc4c3Cl)n2)c1. The second-order valence-electron chi connectivity index (χ2n) is 7.67. The molecule has 0 saturated carbocycles. The summed E-state index contributed by atoms with van der Waals surface area (Å²) in [5.74, 6) is 1.16. The van der Waals surface area contributed by atoms with E-state index in [0.717, 1.165) is 22.2 Å². The molecule has 34 heavy (non-hydrogen) atoms. The Hall–Kier alpha value is -4.08. The first kappa shape index (κ1) is 20.5. The average Bonchev–Trinajstić information content (AvgIpc) is 3.51. The Morgan fingerprint density at radius 2 is 1.91 bits per heavy atom. The zero-order chi connectivity index (χ0) is 23.2. The molecule has 166 valence electrons. The summed E-state index contributed by atoms with van der Waals surface area (Å²) in [6.45, 7) is 1.82. The minimum Gasteiger partial charge on any atom is -0.329 e. The number of halogens is 1. The summed E-state index contributed by atoms with van der Waals surface area (Å²) in [6.07, 6.45) is 1.69. The summed E-state index contributed by atoms with van der Waals surface area (Å²) in [5.41, 5.74) is 3.64. The van der Waals surface area contributed by atoms with Crippen LogP contribution in [0.15, 0.2) is 71.7 Å². The number of nitrogens with one attached hydrogen (secondary N) is 2. The zero-order valence-electron chi connectivity index (χ0n) is 17.8. The number of para-hydroxylation sites is 1. The van der Waals surface area contributed by atoms with Gasteiger partial charge in [-0.25, -0.2) is 4.98 Å². The third-order valence-electron chi connectivity index (χ3n) is 5.53. The van der Waals surface area contributed by atoms with Crippen LogP contribution in [-0.2, 0) is 0 Å². The number of aryl methyl sites for hydroxylation is 1. The Morgan fingerprint density at radius 1 is 1.03 bits per heavy atom.